The third kappa shape index (κ3) is 2.59. The molecule has 0 heterocycles. The molecule has 0 rings (SSSR count). The second-order valence-corrected chi connectivity index (χ2v) is 3.40. The average molecular weight is 150 g/mol. The first-order valence-electron chi connectivity index (χ1n) is 2.68. The van der Waals surface area contributed by atoms with E-state index in [0.29, 0.717) is 6.42 Å². The maximum atomic E-state index is 10.1. The minimum absolute atomic E-state index is 0.291. The van der Waals surface area contributed by atoms with E-state index in [-0.39, 0.29) is 0 Å². The molecule has 1 atom stereocenters. The van der Waals surface area contributed by atoms with Gasteiger partial charge in [-0.1, -0.05) is 6.92 Å². The van der Waals surface area contributed by atoms with Crippen molar-refractivity contribution in [2.45, 2.75) is 18.9 Å². The molecule has 0 aliphatic rings. The maximum absolute atomic E-state index is 10.1. The van der Waals surface area contributed by atoms with Gasteiger partial charge < -0.3 is 14.7 Å². The summed E-state index contributed by atoms with van der Waals surface area (Å²) in [6, 6.07) is 0. The largest absolute Gasteiger partial charge is 0.481 e. The van der Waals surface area contributed by atoms with Crippen LogP contribution < -0.4 is 0 Å². The third-order valence-electron chi connectivity index (χ3n) is 1.12. The molecular formula is C4H10O4Si. The normalized spacial score (nSPS) is 13.8. The molecule has 54 valence electrons. The Hall–Kier alpha value is -0.393. The van der Waals surface area contributed by atoms with Crippen LogP contribution in [0.3, 0.4) is 0 Å². The predicted molar refractivity (Wildman–Crippen MR) is 33.3 cm³/mol. The first-order valence-corrected chi connectivity index (χ1v) is 4.38. The second-order valence-electron chi connectivity index (χ2n) is 1.77. The van der Waals surface area contributed by atoms with Gasteiger partial charge in [-0.3, -0.25) is 4.79 Å². The lowest BCUT2D eigenvalue weighted by atomic mass is 10.3. The lowest BCUT2D eigenvalue weighted by Crippen LogP contribution is -2.26. The lowest BCUT2D eigenvalue weighted by Gasteiger charge is -2.07. The first-order chi connectivity index (χ1) is 4.09. The van der Waals surface area contributed by atoms with Gasteiger partial charge in [0.2, 0.25) is 0 Å². The Morgan fingerprint density at radius 1 is 1.67 bits per heavy atom. The summed E-state index contributed by atoms with van der Waals surface area (Å²) in [5.41, 5.74) is -0.912. The number of carboxylic acid groups (broad SMARTS) is 1. The van der Waals surface area contributed by atoms with Gasteiger partial charge in [-0.15, -0.1) is 0 Å². The molecule has 0 aromatic carbocycles. The van der Waals surface area contributed by atoms with E-state index in [0.717, 1.165) is 0 Å². The summed E-state index contributed by atoms with van der Waals surface area (Å²) in [6.45, 7) is 1.62. The van der Waals surface area contributed by atoms with Crippen LogP contribution in [0.15, 0.2) is 0 Å². The highest BCUT2D eigenvalue weighted by molar-refractivity contribution is 6.48. The van der Waals surface area contributed by atoms with Crippen LogP contribution >= 0.6 is 0 Å². The summed E-state index contributed by atoms with van der Waals surface area (Å²) in [5, 5.41) is 8.26. The predicted octanol–water partition coefficient (Wildman–Crippen LogP) is -0.944. The molecule has 4 nitrogen and oxygen atoms in total. The quantitative estimate of drug-likeness (QED) is 0.454. The molecule has 0 bridgehead atoms. The number of hydrogen-bond acceptors (Lipinski definition) is 3. The summed E-state index contributed by atoms with van der Waals surface area (Å²) in [5.74, 6) is -1.11. The lowest BCUT2D eigenvalue weighted by molar-refractivity contribution is -0.137. The van der Waals surface area contributed by atoms with E-state index in [1.165, 1.54) is 0 Å². The van der Waals surface area contributed by atoms with Gasteiger partial charge in [-0.2, -0.15) is 0 Å². The molecule has 0 saturated heterocycles. The molecule has 0 aromatic heterocycles. The van der Waals surface area contributed by atoms with Crippen LogP contribution in [-0.2, 0) is 4.79 Å². The highest BCUT2D eigenvalue weighted by atomic mass is 28.3. The van der Waals surface area contributed by atoms with Gasteiger partial charge in [0.05, 0.1) is 5.54 Å². The molecule has 0 fully saturated rings. The molecule has 1 unspecified atom stereocenters. The van der Waals surface area contributed by atoms with Gasteiger partial charge in [-0.25, -0.2) is 0 Å². The summed E-state index contributed by atoms with van der Waals surface area (Å²) in [6.07, 6.45) is 0.291. The zero-order valence-electron chi connectivity index (χ0n) is 5.11. The second kappa shape index (κ2) is 3.60. The van der Waals surface area contributed by atoms with E-state index >= 15 is 0 Å². The standard InChI is InChI=1S/C4H10O4Si/c1-2-3(4(5)6)9(7)8/h3,7-9H,2H2,1H3,(H,5,6). The first kappa shape index (κ1) is 8.61. The Bertz CT molecular complexity index is 103. The number of carboxylic acids is 1. The van der Waals surface area contributed by atoms with Gasteiger partial charge in [0.25, 0.3) is 0 Å². The molecule has 3 N–H and O–H groups in total. The van der Waals surface area contributed by atoms with Crippen LogP contribution in [-0.4, -0.2) is 30.0 Å². The van der Waals surface area contributed by atoms with E-state index in [9.17, 15) is 4.79 Å². The van der Waals surface area contributed by atoms with Crippen molar-refractivity contribution in [1.82, 2.24) is 0 Å². The van der Waals surface area contributed by atoms with Crippen LogP contribution in [0.1, 0.15) is 13.3 Å². The number of carbonyl (C=O) groups is 1. The van der Waals surface area contributed by atoms with Crippen LogP contribution in [0, 0.1) is 0 Å². The van der Waals surface area contributed by atoms with E-state index in [1.807, 2.05) is 0 Å². The number of rotatable bonds is 3. The monoisotopic (exact) mass is 150 g/mol. The molecular weight excluding hydrogens is 140 g/mol. The molecule has 0 spiro atoms. The van der Waals surface area contributed by atoms with E-state index in [4.69, 9.17) is 14.7 Å². The number of aliphatic carboxylic acids is 1. The molecule has 0 aliphatic carbocycles. The van der Waals surface area contributed by atoms with E-state index < -0.39 is 20.8 Å². The molecule has 0 aromatic rings. The summed E-state index contributed by atoms with van der Waals surface area (Å²) >= 11 is 0. The fourth-order valence-corrected chi connectivity index (χ4v) is 1.19. The Kier molecular flexibility index (Phi) is 3.44. The Morgan fingerprint density at radius 3 is 2.11 bits per heavy atom. The van der Waals surface area contributed by atoms with Gasteiger partial charge in [0.15, 0.2) is 0 Å². The molecule has 0 radical (unpaired) electrons. The van der Waals surface area contributed by atoms with Gasteiger partial charge in [0.1, 0.15) is 0 Å². The van der Waals surface area contributed by atoms with Crippen LogP contribution in [0.5, 0.6) is 0 Å². The van der Waals surface area contributed by atoms with Crippen molar-refractivity contribution in [2.75, 3.05) is 0 Å². The SMILES string of the molecule is CCC(C(=O)O)[SiH](O)O. The van der Waals surface area contributed by atoms with Gasteiger partial charge in [-0.05, 0) is 6.42 Å². The molecule has 9 heavy (non-hydrogen) atoms. The van der Waals surface area contributed by atoms with Crippen LogP contribution in [0.2, 0.25) is 5.54 Å². The van der Waals surface area contributed by atoms with Crippen LogP contribution in [0.4, 0.5) is 0 Å². The highest BCUT2D eigenvalue weighted by Gasteiger charge is 2.24. The van der Waals surface area contributed by atoms with Crippen LogP contribution in [0.25, 0.3) is 0 Å². The zero-order valence-corrected chi connectivity index (χ0v) is 6.27. The maximum Gasteiger partial charge on any atom is 0.330 e. The topological polar surface area (TPSA) is 77.8 Å². The van der Waals surface area contributed by atoms with E-state index in [1.54, 1.807) is 6.92 Å². The van der Waals surface area contributed by atoms with Crippen molar-refractivity contribution >= 4 is 15.3 Å². The van der Waals surface area contributed by atoms with Crippen molar-refractivity contribution in [3.63, 3.8) is 0 Å². The Morgan fingerprint density at radius 2 is 2.11 bits per heavy atom. The molecule has 0 aliphatic heterocycles. The zero-order chi connectivity index (χ0) is 7.44. The average Bonchev–Trinajstić information content (AvgIpc) is 1.64. The minimum atomic E-state index is -2.94. The molecule has 5 heteroatoms. The molecule has 0 amide bonds. The Labute approximate surface area is 54.6 Å². The molecule has 0 saturated carbocycles. The fraction of sp³-hybridized carbons (Fsp3) is 0.750. The summed E-state index contributed by atoms with van der Waals surface area (Å²) in [7, 11) is -2.94. The van der Waals surface area contributed by atoms with Gasteiger partial charge in [0, 0.05) is 0 Å². The van der Waals surface area contributed by atoms with E-state index in [2.05, 4.69) is 0 Å². The smallest absolute Gasteiger partial charge is 0.330 e. The van der Waals surface area contributed by atoms with Crippen molar-refractivity contribution in [3.05, 3.63) is 0 Å². The third-order valence-corrected chi connectivity index (χ3v) is 2.59. The summed E-state index contributed by atoms with van der Waals surface area (Å²) in [4.78, 5) is 27.1. The Balaban J connectivity index is 3.83. The van der Waals surface area contributed by atoms with Crippen molar-refractivity contribution in [3.8, 4) is 0 Å². The van der Waals surface area contributed by atoms with Crippen molar-refractivity contribution in [2.24, 2.45) is 0 Å². The fourth-order valence-electron chi connectivity index (χ4n) is 0.513. The highest BCUT2D eigenvalue weighted by Crippen LogP contribution is 2.10. The number of hydrogen-bond donors (Lipinski definition) is 3. The van der Waals surface area contributed by atoms with Gasteiger partial charge >= 0.3 is 15.3 Å². The minimum Gasteiger partial charge on any atom is -0.481 e. The summed E-state index contributed by atoms with van der Waals surface area (Å²) < 4.78 is 0. The van der Waals surface area contributed by atoms with Crippen molar-refractivity contribution < 1.29 is 19.5 Å². The van der Waals surface area contributed by atoms with Crippen molar-refractivity contribution in [1.29, 1.82) is 0 Å².